The first-order valence-corrected chi connectivity index (χ1v) is 36.2. The number of fused-ring (bicyclic) bond motifs is 6. The predicted molar refractivity (Wildman–Crippen MR) is 394 cm³/mol. The van der Waals surface area contributed by atoms with Crippen LogP contribution in [0.1, 0.15) is 146 Å². The van der Waals surface area contributed by atoms with Crippen molar-refractivity contribution in [3.05, 3.63) is 287 Å². The minimum Gasteiger partial charge on any atom is -0.481 e. The van der Waals surface area contributed by atoms with E-state index in [4.69, 9.17) is 21.1 Å². The zero-order valence-electron chi connectivity index (χ0n) is 57.8. The Morgan fingerprint density at radius 1 is 0.424 bits per heavy atom. The number of hydrogen-bond donors (Lipinski definition) is 3. The van der Waals surface area contributed by atoms with Crippen molar-refractivity contribution in [3.8, 4) is 0 Å². The molecule has 12 nitrogen and oxygen atoms in total. The van der Waals surface area contributed by atoms with Crippen LogP contribution < -0.4 is 0 Å². The number of nitrogens with zero attached hydrogens (tertiary/aromatic N) is 3. The Labute approximate surface area is 592 Å². The molecule has 0 radical (unpaired) electrons. The average Bonchev–Trinajstić information content (AvgIpc) is 1.72. The molecule has 520 valence electrons. The number of piperidine rings is 3. The van der Waals surface area contributed by atoms with Crippen LogP contribution in [0.15, 0.2) is 243 Å². The van der Waals surface area contributed by atoms with E-state index in [1.807, 2.05) is 218 Å². The van der Waals surface area contributed by atoms with Crippen molar-refractivity contribution < 1.29 is 44.0 Å². The molecule has 6 heterocycles. The number of halogens is 1. The summed E-state index contributed by atoms with van der Waals surface area (Å²) in [4.78, 5) is 56.8. The molecule has 8 aromatic rings. The molecular weight excluding hydrogens is 1250 g/mol. The number of carboxylic acid groups (broad SMARTS) is 1. The van der Waals surface area contributed by atoms with Crippen molar-refractivity contribution in [3.63, 3.8) is 0 Å². The molecule has 6 aliphatic rings. The summed E-state index contributed by atoms with van der Waals surface area (Å²) in [5, 5.41) is 28.8. The van der Waals surface area contributed by atoms with E-state index in [9.17, 15) is 34.5 Å². The van der Waals surface area contributed by atoms with Crippen LogP contribution in [-0.4, -0.2) is 135 Å². The molecule has 13 heteroatoms. The Kier molecular flexibility index (Phi) is 27.4. The van der Waals surface area contributed by atoms with Crippen LogP contribution in [0.25, 0.3) is 0 Å². The van der Waals surface area contributed by atoms with E-state index in [0.29, 0.717) is 68.4 Å². The fourth-order valence-electron chi connectivity index (χ4n) is 15.8. The van der Waals surface area contributed by atoms with E-state index in [1.54, 1.807) is 0 Å². The third-order valence-electron chi connectivity index (χ3n) is 21.7. The molecule has 0 spiro atoms. The molecule has 6 saturated heterocycles. The molecule has 10 unspecified atom stereocenters. The van der Waals surface area contributed by atoms with Gasteiger partial charge in [-0.05, 0) is 186 Å². The molecule has 6 bridgehead atoms. The molecule has 3 N–H and O–H groups in total. The number of hydrogen-bond acceptors (Lipinski definition) is 11. The number of rotatable bonds is 20. The minimum absolute atomic E-state index is 0.00583. The van der Waals surface area contributed by atoms with Crippen LogP contribution in [0, 0.1) is 0 Å². The van der Waals surface area contributed by atoms with Gasteiger partial charge >= 0.3 is 17.9 Å². The maximum atomic E-state index is 13.5. The van der Waals surface area contributed by atoms with E-state index in [2.05, 4.69) is 60.1 Å². The smallest absolute Gasteiger partial charge is 0.319 e. The summed E-state index contributed by atoms with van der Waals surface area (Å²) < 4.78 is 12.1. The number of ether oxygens (including phenoxy) is 2. The summed E-state index contributed by atoms with van der Waals surface area (Å²) in [5.74, 6) is -2.11. The van der Waals surface area contributed by atoms with Crippen molar-refractivity contribution in [2.24, 2.45) is 0 Å². The van der Waals surface area contributed by atoms with Crippen LogP contribution >= 0.6 is 11.6 Å². The van der Waals surface area contributed by atoms with Gasteiger partial charge in [0, 0.05) is 36.3 Å². The van der Waals surface area contributed by atoms with Crippen LogP contribution in [0.3, 0.4) is 0 Å². The van der Waals surface area contributed by atoms with E-state index >= 15 is 0 Å². The Morgan fingerprint density at radius 2 is 0.727 bits per heavy atom. The first-order valence-electron chi connectivity index (χ1n) is 35.8. The third-order valence-corrected chi connectivity index (χ3v) is 22.0. The van der Waals surface area contributed by atoms with Gasteiger partial charge in [0.15, 0.2) is 0 Å². The monoisotopic (exact) mass is 1350 g/mol. The predicted octanol–water partition coefficient (Wildman–Crippen LogP) is 15.4. The molecule has 10 atom stereocenters. The molecule has 6 fully saturated rings. The number of esters is 2. The molecule has 0 aliphatic carbocycles. The van der Waals surface area contributed by atoms with Gasteiger partial charge in [0.2, 0.25) is 5.24 Å². The number of benzene rings is 8. The zero-order valence-corrected chi connectivity index (χ0v) is 58.5. The highest BCUT2D eigenvalue weighted by molar-refractivity contribution is 6.64. The lowest BCUT2D eigenvalue weighted by Crippen LogP contribution is -2.47. The summed E-state index contributed by atoms with van der Waals surface area (Å²) in [5.41, 5.74) is 7.16. The Morgan fingerprint density at radius 3 is 1.09 bits per heavy atom. The molecule has 0 saturated carbocycles. The quantitative estimate of drug-likeness (QED) is 0.0491. The van der Waals surface area contributed by atoms with Crippen LogP contribution in [0.4, 0.5) is 0 Å². The van der Waals surface area contributed by atoms with Crippen molar-refractivity contribution in [2.45, 2.75) is 187 Å². The number of carbonyl (C=O) groups excluding carboxylic acids is 3. The van der Waals surface area contributed by atoms with E-state index in [-0.39, 0.29) is 53.9 Å². The topological polar surface area (TPSA) is 157 Å². The van der Waals surface area contributed by atoms with Crippen LogP contribution in [0.2, 0.25) is 0 Å². The second-order valence-electron chi connectivity index (χ2n) is 28.0. The molecule has 0 aromatic heterocycles. The summed E-state index contributed by atoms with van der Waals surface area (Å²) in [7, 11) is 6.58. The normalized spacial score (nSPS) is 23.6. The lowest BCUT2D eigenvalue weighted by Gasteiger charge is -2.38. The Bertz CT molecular complexity index is 3580. The van der Waals surface area contributed by atoms with Gasteiger partial charge in [-0.1, -0.05) is 243 Å². The number of aliphatic carboxylic acids is 1. The Hall–Kier alpha value is -8.07. The molecule has 6 aliphatic heterocycles. The van der Waals surface area contributed by atoms with Gasteiger partial charge in [-0.2, -0.15) is 0 Å². The van der Waals surface area contributed by atoms with Gasteiger partial charge in [-0.3, -0.25) is 19.2 Å². The maximum absolute atomic E-state index is 13.5. The number of aliphatic hydroxyl groups is 2. The highest BCUT2D eigenvalue weighted by Crippen LogP contribution is 2.40. The zero-order chi connectivity index (χ0) is 69.5. The lowest BCUT2D eigenvalue weighted by molar-refractivity contribution is -0.162. The van der Waals surface area contributed by atoms with Gasteiger partial charge in [-0.15, -0.1) is 0 Å². The highest BCUT2D eigenvalue weighted by Gasteiger charge is 2.46. The number of carboxylic acids is 1. The largest absolute Gasteiger partial charge is 0.481 e. The molecule has 8 aromatic carbocycles. The fourth-order valence-corrected chi connectivity index (χ4v) is 16.0. The van der Waals surface area contributed by atoms with Crippen LogP contribution in [0.5, 0.6) is 0 Å². The van der Waals surface area contributed by atoms with Gasteiger partial charge < -0.3 is 39.5 Å². The van der Waals surface area contributed by atoms with E-state index in [0.717, 1.165) is 77.5 Å². The fraction of sp³-hybridized carbons (Fsp3) is 0.395. The summed E-state index contributed by atoms with van der Waals surface area (Å²) >= 11 is 5.69. The standard InChI is InChI=1S/C25H31NO3.C23H27NO2.C15H13ClO.C15H14O2.C8H15NO/c1-26-21-12-13-22(26)17-23(16-21)29-24(28)25(18-27,20-10-6-3-7-11-20)15-14-19-8-4-2-5-9-19;1-24-19-12-13-20(24)16-21(15-19)26-23(25)22(18-10-6-3-7-11-18)14-17-8-4-2-5-9-17;2*16-15(17)14(13-9-5-2-6-10-13)11-12-7-3-1-4-8-12;1-9-6-2-3-7(9)5-8(10)4-6/h2-11,21-23,27H,12-18H2,1H3;2-11,19-22H,12-16H2,1H3;1-10,14H,11H2;1-10,14H,11H2,(H,16,17);6-8,10H,2-5H2,1H3. The summed E-state index contributed by atoms with van der Waals surface area (Å²) in [6.07, 6.45) is 16.3. The Balaban J connectivity index is 0.000000139. The SMILES string of the molecule is CN1C2CCC1CC(O)C2.CN1C2CCC1CC(OC(=O)C(CO)(CCc1ccccc1)c1ccccc1)C2.CN1C2CCC1CC(OC(=O)C(Cc1ccccc1)c1ccccc1)C2.O=C(Cl)C(Cc1ccccc1)c1ccccc1.O=C(O)C(Cc1ccccc1)c1ccccc1. The number of aliphatic hydroxyl groups excluding tert-OH is 2. The van der Waals surface area contributed by atoms with Crippen molar-refractivity contribution in [2.75, 3.05) is 27.7 Å². The molecular formula is C86H100ClN3O9. The van der Waals surface area contributed by atoms with Crippen molar-refractivity contribution in [1.29, 1.82) is 0 Å². The number of aryl methyl sites for hydroxylation is 1. The van der Waals surface area contributed by atoms with E-state index < -0.39 is 17.3 Å². The van der Waals surface area contributed by atoms with Gasteiger partial charge in [0.25, 0.3) is 0 Å². The highest BCUT2D eigenvalue weighted by atomic mass is 35.5. The van der Waals surface area contributed by atoms with Crippen LogP contribution in [-0.2, 0) is 59.8 Å². The van der Waals surface area contributed by atoms with Gasteiger partial charge in [0.1, 0.15) is 17.6 Å². The maximum Gasteiger partial charge on any atom is 0.319 e. The molecule has 14 rings (SSSR count). The average molecular weight is 1360 g/mol. The van der Waals surface area contributed by atoms with E-state index in [1.165, 1.54) is 44.1 Å². The summed E-state index contributed by atoms with van der Waals surface area (Å²) in [6.45, 7) is -0.248. The van der Waals surface area contributed by atoms with Gasteiger partial charge in [-0.25, -0.2) is 0 Å². The van der Waals surface area contributed by atoms with Gasteiger partial charge in [0.05, 0.1) is 30.5 Å². The minimum atomic E-state index is -1.03. The number of carbonyl (C=O) groups is 4. The summed E-state index contributed by atoms with van der Waals surface area (Å²) in [6, 6.07) is 82.2. The lowest BCUT2D eigenvalue weighted by atomic mass is 9.76. The molecule has 0 amide bonds. The van der Waals surface area contributed by atoms with Crippen molar-refractivity contribution in [1.82, 2.24) is 14.7 Å². The second-order valence-corrected chi connectivity index (χ2v) is 28.4. The van der Waals surface area contributed by atoms with Crippen molar-refractivity contribution >= 4 is 34.8 Å². The molecule has 99 heavy (non-hydrogen) atoms. The second kappa shape index (κ2) is 36.8. The first-order chi connectivity index (χ1) is 48.1. The first kappa shape index (κ1) is 73.6. The third kappa shape index (κ3) is 20.6.